The van der Waals surface area contributed by atoms with Crippen molar-refractivity contribution < 1.29 is 9.53 Å². The molecule has 0 radical (unpaired) electrons. The normalized spacial score (nSPS) is 36.9. The minimum absolute atomic E-state index is 0.171. The second-order valence-corrected chi connectivity index (χ2v) is 5.73. The van der Waals surface area contributed by atoms with Crippen molar-refractivity contribution >= 4 is 5.91 Å². The first-order valence-electron chi connectivity index (χ1n) is 7.31. The van der Waals surface area contributed by atoms with Crippen LogP contribution in [0.4, 0.5) is 0 Å². The molecule has 0 aromatic carbocycles. The molecule has 18 heavy (non-hydrogen) atoms. The van der Waals surface area contributed by atoms with Gasteiger partial charge >= 0.3 is 0 Å². The summed E-state index contributed by atoms with van der Waals surface area (Å²) in [6.07, 6.45) is 5.23. The Bertz CT molecular complexity index is 296. The molecule has 2 heterocycles. The van der Waals surface area contributed by atoms with Crippen molar-refractivity contribution in [2.24, 2.45) is 11.7 Å². The number of ether oxygens (including phenoxy) is 1. The van der Waals surface area contributed by atoms with E-state index in [0.29, 0.717) is 6.54 Å². The summed E-state index contributed by atoms with van der Waals surface area (Å²) in [5.41, 5.74) is 5.84. The highest BCUT2D eigenvalue weighted by molar-refractivity contribution is 5.81. The Morgan fingerprint density at radius 2 is 2.17 bits per heavy atom. The lowest BCUT2D eigenvalue weighted by Crippen LogP contribution is -2.52. The number of likely N-dealkylation sites (tertiary alicyclic amines) is 1. The molecule has 104 valence electrons. The fraction of sp³-hybridized carbons (Fsp3) is 0.929. The highest BCUT2D eigenvalue weighted by Gasteiger charge is 2.36. The van der Waals surface area contributed by atoms with Gasteiger partial charge in [-0.2, -0.15) is 0 Å². The largest absolute Gasteiger partial charge is 0.365 e. The molecule has 2 rings (SSSR count). The number of nitrogens with two attached hydrogens (primary N) is 1. The molecule has 0 bridgehead atoms. The topological polar surface area (TPSA) is 55.6 Å². The van der Waals surface area contributed by atoms with E-state index >= 15 is 0 Å². The number of carbonyl (C=O) groups excluding carboxylic acids is 1. The Morgan fingerprint density at radius 3 is 2.72 bits per heavy atom. The Hall–Kier alpha value is -0.610. The predicted molar refractivity (Wildman–Crippen MR) is 71.1 cm³/mol. The monoisotopic (exact) mass is 254 g/mol. The summed E-state index contributed by atoms with van der Waals surface area (Å²) in [5.74, 6) is 0.898. The van der Waals surface area contributed by atoms with Gasteiger partial charge in [0, 0.05) is 19.1 Å². The van der Waals surface area contributed by atoms with Crippen LogP contribution in [0.1, 0.15) is 46.0 Å². The van der Waals surface area contributed by atoms with E-state index in [0.717, 1.165) is 38.1 Å². The van der Waals surface area contributed by atoms with Crippen molar-refractivity contribution in [1.29, 1.82) is 0 Å². The fourth-order valence-corrected chi connectivity index (χ4v) is 3.19. The summed E-state index contributed by atoms with van der Waals surface area (Å²) in [7, 11) is 0. The highest BCUT2D eigenvalue weighted by Crippen LogP contribution is 2.28. The Morgan fingerprint density at radius 1 is 1.39 bits per heavy atom. The number of piperidine rings is 1. The van der Waals surface area contributed by atoms with E-state index in [-0.39, 0.29) is 24.2 Å². The third-order valence-corrected chi connectivity index (χ3v) is 4.46. The van der Waals surface area contributed by atoms with Gasteiger partial charge in [0.15, 0.2) is 0 Å². The van der Waals surface area contributed by atoms with Gasteiger partial charge in [-0.3, -0.25) is 4.79 Å². The number of hydrogen-bond donors (Lipinski definition) is 1. The van der Waals surface area contributed by atoms with Gasteiger partial charge in [-0.05, 0) is 38.5 Å². The van der Waals surface area contributed by atoms with Crippen LogP contribution in [0.3, 0.4) is 0 Å². The maximum Gasteiger partial charge on any atom is 0.252 e. The lowest BCUT2D eigenvalue weighted by atomic mass is 9.88. The molecule has 0 aliphatic carbocycles. The summed E-state index contributed by atoms with van der Waals surface area (Å²) in [6, 6.07) is 0.218. The van der Waals surface area contributed by atoms with Gasteiger partial charge in [0.05, 0.1) is 6.10 Å². The lowest BCUT2D eigenvalue weighted by molar-refractivity contribution is -0.147. The van der Waals surface area contributed by atoms with Crippen LogP contribution in [-0.4, -0.2) is 42.1 Å². The van der Waals surface area contributed by atoms with Gasteiger partial charge in [-0.1, -0.05) is 13.3 Å². The molecule has 4 unspecified atom stereocenters. The zero-order valence-corrected chi connectivity index (χ0v) is 11.6. The molecular weight excluding hydrogens is 228 g/mol. The third kappa shape index (κ3) is 2.86. The quantitative estimate of drug-likeness (QED) is 0.831. The molecule has 1 amide bonds. The van der Waals surface area contributed by atoms with Crippen LogP contribution in [-0.2, 0) is 9.53 Å². The zero-order chi connectivity index (χ0) is 13.1. The Kier molecular flexibility index (Phi) is 4.62. The fourth-order valence-electron chi connectivity index (χ4n) is 3.19. The van der Waals surface area contributed by atoms with Crippen molar-refractivity contribution in [1.82, 2.24) is 4.90 Å². The lowest BCUT2D eigenvalue weighted by Gasteiger charge is -2.39. The van der Waals surface area contributed by atoms with Crippen LogP contribution in [0.5, 0.6) is 0 Å². The van der Waals surface area contributed by atoms with Crippen LogP contribution in [0, 0.1) is 5.92 Å². The molecule has 4 heteroatoms. The summed E-state index contributed by atoms with van der Waals surface area (Å²) in [6.45, 7) is 5.69. The molecule has 2 fully saturated rings. The Labute approximate surface area is 110 Å². The Balaban J connectivity index is 1.96. The number of carbonyl (C=O) groups is 1. The van der Waals surface area contributed by atoms with Crippen LogP contribution in [0.25, 0.3) is 0 Å². The number of hydrogen-bond acceptors (Lipinski definition) is 3. The predicted octanol–water partition coefficient (Wildman–Crippen LogP) is 1.53. The molecule has 2 N–H and O–H groups in total. The van der Waals surface area contributed by atoms with E-state index in [4.69, 9.17) is 10.5 Å². The molecule has 0 aromatic heterocycles. The third-order valence-electron chi connectivity index (χ3n) is 4.46. The van der Waals surface area contributed by atoms with Crippen LogP contribution < -0.4 is 5.73 Å². The summed E-state index contributed by atoms with van der Waals surface area (Å²) < 4.78 is 5.69. The molecule has 0 saturated carbocycles. The van der Waals surface area contributed by atoms with Crippen molar-refractivity contribution in [2.75, 3.05) is 13.1 Å². The van der Waals surface area contributed by atoms with E-state index in [1.165, 1.54) is 6.42 Å². The molecule has 4 nitrogen and oxygen atoms in total. The highest BCUT2D eigenvalue weighted by atomic mass is 16.5. The molecule has 2 aliphatic rings. The smallest absolute Gasteiger partial charge is 0.252 e. The average molecular weight is 254 g/mol. The van der Waals surface area contributed by atoms with Crippen molar-refractivity contribution in [2.45, 2.75) is 64.2 Å². The maximum atomic E-state index is 12.5. The first-order chi connectivity index (χ1) is 8.65. The van der Waals surface area contributed by atoms with E-state index in [9.17, 15) is 4.79 Å². The average Bonchev–Trinajstić information content (AvgIpc) is 2.83. The van der Waals surface area contributed by atoms with Gasteiger partial charge in [-0.25, -0.2) is 0 Å². The standard InChI is InChI=1S/C14H26N2O2/c1-3-11-6-7-16(12(8-11)9-15)14(17)13-5-4-10(2)18-13/h10-13H,3-9,15H2,1-2H3. The van der Waals surface area contributed by atoms with Crippen molar-refractivity contribution in [3.63, 3.8) is 0 Å². The van der Waals surface area contributed by atoms with Gasteiger partial charge in [0.25, 0.3) is 5.91 Å². The van der Waals surface area contributed by atoms with Crippen LogP contribution >= 0.6 is 0 Å². The van der Waals surface area contributed by atoms with Gasteiger partial charge in [-0.15, -0.1) is 0 Å². The van der Waals surface area contributed by atoms with Gasteiger partial charge in [0.2, 0.25) is 0 Å². The SMILES string of the molecule is CCC1CCN(C(=O)C2CCC(C)O2)C(CN)C1. The number of nitrogens with zero attached hydrogens (tertiary/aromatic N) is 1. The zero-order valence-electron chi connectivity index (χ0n) is 11.6. The maximum absolute atomic E-state index is 12.5. The van der Waals surface area contributed by atoms with Crippen molar-refractivity contribution in [3.05, 3.63) is 0 Å². The van der Waals surface area contributed by atoms with Crippen molar-refractivity contribution in [3.8, 4) is 0 Å². The van der Waals surface area contributed by atoms with E-state index in [2.05, 4.69) is 6.92 Å². The molecule has 2 aliphatic heterocycles. The minimum atomic E-state index is -0.216. The summed E-state index contributed by atoms with van der Waals surface area (Å²) in [4.78, 5) is 14.4. The van der Waals surface area contributed by atoms with E-state index in [1.54, 1.807) is 0 Å². The summed E-state index contributed by atoms with van der Waals surface area (Å²) >= 11 is 0. The second-order valence-electron chi connectivity index (χ2n) is 5.73. The second kappa shape index (κ2) is 6.02. The molecular formula is C14H26N2O2. The first kappa shape index (κ1) is 13.8. The minimum Gasteiger partial charge on any atom is -0.365 e. The first-order valence-corrected chi connectivity index (χ1v) is 7.31. The molecule has 2 saturated heterocycles. The number of amides is 1. The number of rotatable bonds is 3. The van der Waals surface area contributed by atoms with Crippen LogP contribution in [0.2, 0.25) is 0 Å². The van der Waals surface area contributed by atoms with Crippen LogP contribution in [0.15, 0.2) is 0 Å². The summed E-state index contributed by atoms with van der Waals surface area (Å²) in [5, 5.41) is 0. The molecule has 4 atom stereocenters. The molecule has 0 spiro atoms. The van der Waals surface area contributed by atoms with E-state index < -0.39 is 0 Å². The van der Waals surface area contributed by atoms with Gasteiger partial charge < -0.3 is 15.4 Å². The van der Waals surface area contributed by atoms with Gasteiger partial charge in [0.1, 0.15) is 6.10 Å². The molecule has 0 aromatic rings. The van der Waals surface area contributed by atoms with E-state index in [1.807, 2.05) is 11.8 Å².